The lowest BCUT2D eigenvalue weighted by atomic mass is 9.54. The number of rotatable bonds is 6. The van der Waals surface area contributed by atoms with Crippen LogP contribution in [0.25, 0.3) is 16.9 Å². The van der Waals surface area contributed by atoms with Gasteiger partial charge in [-0.3, -0.25) is 19.2 Å². The summed E-state index contributed by atoms with van der Waals surface area (Å²) in [7, 11) is 1.43. The quantitative estimate of drug-likeness (QED) is 0.223. The van der Waals surface area contributed by atoms with Crippen LogP contribution in [0.4, 0.5) is 0 Å². The first-order valence-electron chi connectivity index (χ1n) is 16.3. The number of benzene rings is 2. The minimum Gasteiger partial charge on any atom is -0.508 e. The second-order valence-corrected chi connectivity index (χ2v) is 14.0. The fourth-order valence-electron chi connectivity index (χ4n) is 8.68. The molecule has 10 nitrogen and oxygen atoms in total. The minimum atomic E-state index is -2.63. The number of Topliss-reactive ketones (excluding diaryl/α,β-unsaturated/α-hetero) is 2. The van der Waals surface area contributed by atoms with Crippen molar-refractivity contribution in [3.05, 3.63) is 70.0 Å². The number of primary amides is 1. The van der Waals surface area contributed by atoms with Crippen molar-refractivity contribution in [3.63, 3.8) is 0 Å². The van der Waals surface area contributed by atoms with Gasteiger partial charge in [-0.1, -0.05) is 44.2 Å². The molecular weight excluding hydrogens is 602 g/mol. The molecule has 2 fully saturated rings. The smallest absolute Gasteiger partial charge is 0.308 e. The van der Waals surface area contributed by atoms with Crippen LogP contribution in [0.2, 0.25) is 0 Å². The van der Waals surface area contributed by atoms with Gasteiger partial charge in [0.1, 0.15) is 22.8 Å². The number of phenols is 1. The molecule has 4 aliphatic carbocycles. The maximum absolute atomic E-state index is 14.1. The van der Waals surface area contributed by atoms with Crippen LogP contribution < -0.4 is 5.73 Å². The summed E-state index contributed by atoms with van der Waals surface area (Å²) in [5.74, 6) is -7.54. The zero-order chi connectivity index (χ0) is 33.9. The maximum Gasteiger partial charge on any atom is 0.308 e. The number of ether oxygens (including phenoxy) is 1. The van der Waals surface area contributed by atoms with Gasteiger partial charge in [-0.2, -0.15) is 0 Å². The van der Waals surface area contributed by atoms with Crippen molar-refractivity contribution in [3.8, 4) is 16.9 Å². The van der Waals surface area contributed by atoms with E-state index in [9.17, 15) is 39.6 Å². The van der Waals surface area contributed by atoms with Crippen LogP contribution in [0.5, 0.6) is 5.75 Å². The molecule has 0 aromatic heterocycles. The number of hydrogen-bond donors (Lipinski definition) is 5. The third-order valence-electron chi connectivity index (χ3n) is 11.0. The molecule has 0 spiro atoms. The van der Waals surface area contributed by atoms with E-state index in [0.717, 1.165) is 48.8 Å². The first kappa shape index (κ1) is 32.5. The first-order valence-corrected chi connectivity index (χ1v) is 16.3. The second kappa shape index (κ2) is 12.0. The molecule has 0 radical (unpaired) electrons. The molecule has 2 saturated carbocycles. The number of nitrogens with two attached hydrogens (primary N) is 1. The maximum atomic E-state index is 14.1. The van der Waals surface area contributed by atoms with Crippen LogP contribution in [0, 0.1) is 35.5 Å². The summed E-state index contributed by atoms with van der Waals surface area (Å²) in [5, 5.41) is 45.4. The number of aliphatic hydroxyl groups is 3. The number of carbonyl (C=O) groups excluding carboxylic acids is 4. The topological polar surface area (TPSA) is 184 Å². The van der Waals surface area contributed by atoms with Gasteiger partial charge in [0.2, 0.25) is 5.78 Å². The van der Waals surface area contributed by atoms with Crippen molar-refractivity contribution in [1.29, 1.82) is 0 Å². The van der Waals surface area contributed by atoms with E-state index in [0.29, 0.717) is 11.5 Å². The highest BCUT2D eigenvalue weighted by Crippen LogP contribution is 2.55. The Morgan fingerprint density at radius 2 is 1.66 bits per heavy atom. The first-order chi connectivity index (χ1) is 22.3. The van der Waals surface area contributed by atoms with Gasteiger partial charge in [-0.05, 0) is 91.0 Å². The van der Waals surface area contributed by atoms with Crippen molar-refractivity contribution in [2.24, 2.45) is 41.2 Å². The molecule has 6 N–H and O–H groups in total. The molecular formula is C37H41NO9. The van der Waals surface area contributed by atoms with Crippen molar-refractivity contribution in [1.82, 2.24) is 0 Å². The normalized spacial score (nSPS) is 28.9. The number of fused-ring (bicyclic) bond motifs is 3. The Labute approximate surface area is 272 Å². The van der Waals surface area contributed by atoms with Crippen molar-refractivity contribution in [2.45, 2.75) is 64.4 Å². The van der Waals surface area contributed by atoms with E-state index in [-0.39, 0.29) is 41.6 Å². The van der Waals surface area contributed by atoms with Crippen molar-refractivity contribution in [2.75, 3.05) is 7.11 Å². The lowest BCUT2D eigenvalue weighted by Crippen LogP contribution is -2.62. The zero-order valence-electron chi connectivity index (χ0n) is 26.8. The van der Waals surface area contributed by atoms with Gasteiger partial charge in [0, 0.05) is 17.4 Å². The number of phenolic OH excluding ortho intramolecular Hbond substituents is 1. The highest BCUT2D eigenvalue weighted by atomic mass is 16.5. The van der Waals surface area contributed by atoms with Gasteiger partial charge in [0.25, 0.3) is 5.91 Å². The molecule has 4 atom stereocenters. The summed E-state index contributed by atoms with van der Waals surface area (Å²) in [6.07, 6.45) is 4.74. The summed E-state index contributed by atoms with van der Waals surface area (Å²) < 4.78 is 4.91. The molecule has 2 aromatic carbocycles. The minimum absolute atomic E-state index is 0.0248. The van der Waals surface area contributed by atoms with E-state index >= 15 is 0 Å². The van der Waals surface area contributed by atoms with Gasteiger partial charge < -0.3 is 30.9 Å². The highest BCUT2D eigenvalue weighted by molar-refractivity contribution is 6.23. The molecule has 0 aliphatic heterocycles. The lowest BCUT2D eigenvalue weighted by Gasteiger charge is -2.50. The van der Waals surface area contributed by atoms with Crippen LogP contribution >= 0.6 is 0 Å². The molecule has 2 aromatic rings. The molecule has 0 bridgehead atoms. The highest BCUT2D eigenvalue weighted by Gasteiger charge is 2.64. The number of methoxy groups -OCH3 is 1. The summed E-state index contributed by atoms with van der Waals surface area (Å²) in [6, 6.07) is 11.3. The standard InChI is InChI=1S/C37H41NO9/c1-17(2)27-25-16-22-15-24-23(20-8-4-18(5-9-20)14-19-6-10-21(11-7-19)36(45)47-3)12-13-26(39)29(24)32(41)28(22)33(42)37(25,46)34(43)30(31(27)40)35(38)44/h4-5,8-9,12-13,17,19,21-22,25,27,39,41,43,46H,6-7,10-11,14-16H2,1-3H3,(H2,38,44)/t19?,21?,22-,25-,27-,37-/m0/s1. The fraction of sp³-hybridized carbons (Fsp3) is 0.459. The van der Waals surface area contributed by atoms with Gasteiger partial charge in [0.05, 0.1) is 18.6 Å². The lowest BCUT2D eigenvalue weighted by molar-refractivity contribution is -0.155. The van der Waals surface area contributed by atoms with Crippen LogP contribution in [0.15, 0.2) is 53.3 Å². The molecule has 248 valence electrons. The molecule has 1 amide bonds. The fourth-order valence-corrected chi connectivity index (χ4v) is 8.68. The SMILES string of the molecule is COC(=O)C1CCC(Cc2ccc(-c3ccc(O)c4c3C[C@H]3C[C@H]5[C@H](C(C)C)C(=O)C(C(N)=O)=C(O)[C@@]5(O)C(=O)C3=C4O)cc2)CC1. The second-order valence-electron chi connectivity index (χ2n) is 14.0. The van der Waals surface area contributed by atoms with E-state index in [1.807, 2.05) is 12.1 Å². The number of ketones is 2. The summed E-state index contributed by atoms with van der Waals surface area (Å²) in [6.45, 7) is 3.47. The number of hydrogen-bond acceptors (Lipinski definition) is 9. The third-order valence-corrected chi connectivity index (χ3v) is 11.0. The number of aromatic hydroxyl groups is 1. The Hall–Kier alpha value is -4.44. The van der Waals surface area contributed by atoms with Gasteiger partial charge in [-0.15, -0.1) is 0 Å². The van der Waals surface area contributed by atoms with E-state index in [2.05, 4.69) is 12.1 Å². The molecule has 0 unspecified atom stereocenters. The number of esters is 1. The van der Waals surface area contributed by atoms with Crippen LogP contribution in [0.3, 0.4) is 0 Å². The summed E-state index contributed by atoms with van der Waals surface area (Å²) in [4.78, 5) is 51.6. The molecule has 47 heavy (non-hydrogen) atoms. The Bertz CT molecular complexity index is 1730. The third kappa shape index (κ3) is 5.13. The van der Waals surface area contributed by atoms with Crippen LogP contribution in [-0.4, -0.2) is 56.6 Å². The molecule has 4 aliphatic rings. The van der Waals surface area contributed by atoms with Gasteiger partial charge in [0.15, 0.2) is 11.4 Å². The van der Waals surface area contributed by atoms with E-state index in [1.54, 1.807) is 19.9 Å². The summed E-state index contributed by atoms with van der Waals surface area (Å²) >= 11 is 0. The molecule has 6 rings (SSSR count). The number of carbonyl (C=O) groups is 4. The predicted octanol–water partition coefficient (Wildman–Crippen LogP) is 4.49. The van der Waals surface area contributed by atoms with Crippen LogP contribution in [-0.2, 0) is 36.8 Å². The number of aliphatic hydroxyl groups excluding tert-OH is 2. The largest absolute Gasteiger partial charge is 0.508 e. The van der Waals surface area contributed by atoms with E-state index < -0.39 is 63.8 Å². The van der Waals surface area contributed by atoms with Crippen molar-refractivity contribution < 1.29 is 44.3 Å². The van der Waals surface area contributed by atoms with Gasteiger partial charge >= 0.3 is 5.97 Å². The Balaban J connectivity index is 1.34. The molecule has 0 saturated heterocycles. The number of amides is 1. The van der Waals surface area contributed by atoms with Crippen LogP contribution in [0.1, 0.15) is 62.6 Å². The average Bonchev–Trinajstić information content (AvgIpc) is 3.03. The van der Waals surface area contributed by atoms with E-state index in [4.69, 9.17) is 10.5 Å². The van der Waals surface area contributed by atoms with Crippen molar-refractivity contribution >= 4 is 29.2 Å². The predicted molar refractivity (Wildman–Crippen MR) is 172 cm³/mol. The van der Waals surface area contributed by atoms with Gasteiger partial charge in [-0.25, -0.2) is 0 Å². The Kier molecular flexibility index (Phi) is 8.28. The monoisotopic (exact) mass is 643 g/mol. The molecule has 0 heterocycles. The Morgan fingerprint density at radius 1 is 1.00 bits per heavy atom. The van der Waals surface area contributed by atoms with E-state index in [1.165, 1.54) is 13.2 Å². The summed E-state index contributed by atoms with van der Waals surface area (Å²) in [5.41, 5.74) is 5.31. The average molecular weight is 644 g/mol. The zero-order valence-corrected chi connectivity index (χ0v) is 26.8. The Morgan fingerprint density at radius 3 is 2.26 bits per heavy atom. The molecule has 10 heteroatoms.